The fraction of sp³-hybridized carbons (Fsp3) is 0.684. The van der Waals surface area contributed by atoms with Crippen molar-refractivity contribution in [2.75, 3.05) is 18.5 Å². The van der Waals surface area contributed by atoms with E-state index in [0.717, 1.165) is 6.16 Å². The number of hydrogen-bond donors (Lipinski definition) is 1. The molecule has 0 aliphatic heterocycles. The van der Waals surface area contributed by atoms with Crippen molar-refractivity contribution in [2.24, 2.45) is 0 Å². The SMILES string of the molecule is CCCCP(I)(CCCC)(CCCC)Cc1ccccc1O. The monoisotopic (exact) mass is 436 g/mol. The van der Waals surface area contributed by atoms with E-state index in [0.29, 0.717) is 5.75 Å². The van der Waals surface area contributed by atoms with Gasteiger partial charge in [0.05, 0.1) is 0 Å². The van der Waals surface area contributed by atoms with Gasteiger partial charge in [-0.05, 0) is 0 Å². The van der Waals surface area contributed by atoms with Gasteiger partial charge in [0, 0.05) is 0 Å². The van der Waals surface area contributed by atoms with Crippen molar-refractivity contribution in [3.05, 3.63) is 29.8 Å². The molecule has 1 aromatic carbocycles. The van der Waals surface area contributed by atoms with Gasteiger partial charge < -0.3 is 0 Å². The first-order valence-corrected chi connectivity index (χ1v) is 14.7. The van der Waals surface area contributed by atoms with Gasteiger partial charge in [0.2, 0.25) is 0 Å². The molecule has 0 aliphatic carbocycles. The summed E-state index contributed by atoms with van der Waals surface area (Å²) in [5, 5.41) is 10.3. The zero-order valence-electron chi connectivity index (χ0n) is 14.7. The summed E-state index contributed by atoms with van der Waals surface area (Å²) in [5.74, 6) is 0.498. The fourth-order valence-corrected chi connectivity index (χ4v) is 13.1. The van der Waals surface area contributed by atoms with E-state index in [9.17, 15) is 5.11 Å². The third-order valence-corrected chi connectivity index (χ3v) is 15.6. The van der Waals surface area contributed by atoms with Crippen molar-refractivity contribution in [1.29, 1.82) is 0 Å². The Balaban J connectivity index is 3.12. The van der Waals surface area contributed by atoms with E-state index < -0.39 is 4.25 Å². The van der Waals surface area contributed by atoms with Crippen LogP contribution in [0.25, 0.3) is 0 Å². The van der Waals surface area contributed by atoms with E-state index in [-0.39, 0.29) is 0 Å². The third kappa shape index (κ3) is 6.00. The zero-order chi connectivity index (χ0) is 16.5. The van der Waals surface area contributed by atoms with E-state index in [1.54, 1.807) is 0 Å². The van der Waals surface area contributed by atoms with Crippen molar-refractivity contribution in [1.82, 2.24) is 0 Å². The summed E-state index contributed by atoms with van der Waals surface area (Å²) in [6, 6.07) is 8.00. The molecule has 22 heavy (non-hydrogen) atoms. The molecule has 0 heterocycles. The number of para-hydroxylation sites is 1. The Hall–Kier alpha value is 0.180. The van der Waals surface area contributed by atoms with Gasteiger partial charge >= 0.3 is 151 Å². The topological polar surface area (TPSA) is 20.2 Å². The molecule has 0 bridgehead atoms. The molecule has 1 aromatic rings. The molecule has 0 aromatic heterocycles. The van der Waals surface area contributed by atoms with Crippen LogP contribution in [0.1, 0.15) is 64.9 Å². The van der Waals surface area contributed by atoms with Gasteiger partial charge in [-0.1, -0.05) is 0 Å². The van der Waals surface area contributed by atoms with Gasteiger partial charge in [0.15, 0.2) is 0 Å². The molecule has 0 radical (unpaired) electrons. The Kier molecular flexibility index (Phi) is 8.71. The average molecular weight is 436 g/mol. The molecule has 0 fully saturated rings. The molecule has 3 heteroatoms. The standard InChI is InChI=1S/C19H34IOP/c1-4-7-14-22(20,15-8-5-2,16-9-6-3)17-18-12-10-11-13-19(18)21/h10-13,21H,4-9,14-17H2,1-3H3. The van der Waals surface area contributed by atoms with Crippen LogP contribution in [0.2, 0.25) is 0 Å². The molecule has 0 atom stereocenters. The van der Waals surface area contributed by atoms with E-state index in [4.69, 9.17) is 0 Å². The van der Waals surface area contributed by atoms with Crippen molar-refractivity contribution in [2.45, 2.75) is 65.5 Å². The first kappa shape index (κ1) is 20.2. The molecule has 0 unspecified atom stereocenters. The molecule has 0 saturated carbocycles. The fourth-order valence-electron chi connectivity index (χ4n) is 3.30. The Morgan fingerprint density at radius 2 is 1.32 bits per heavy atom. The summed E-state index contributed by atoms with van der Waals surface area (Å²) < 4.78 is -1.81. The molecule has 128 valence electrons. The van der Waals surface area contributed by atoms with Gasteiger partial charge in [-0.2, -0.15) is 0 Å². The van der Waals surface area contributed by atoms with Crippen molar-refractivity contribution in [3.63, 3.8) is 0 Å². The quantitative estimate of drug-likeness (QED) is 0.287. The maximum atomic E-state index is 10.3. The number of unbranched alkanes of at least 4 members (excludes halogenated alkanes) is 3. The summed E-state index contributed by atoms with van der Waals surface area (Å²) in [4.78, 5) is 0. The number of rotatable bonds is 11. The second-order valence-corrected chi connectivity index (χ2v) is 20.3. The predicted molar refractivity (Wildman–Crippen MR) is 112 cm³/mol. The summed E-state index contributed by atoms with van der Waals surface area (Å²) in [7, 11) is 0. The maximum absolute atomic E-state index is 10.3. The predicted octanol–water partition coefficient (Wildman–Crippen LogP) is 7.20. The van der Waals surface area contributed by atoms with Crippen molar-refractivity contribution >= 4 is 26.3 Å². The molecule has 0 aliphatic rings. The van der Waals surface area contributed by atoms with Crippen LogP contribution < -0.4 is 0 Å². The van der Waals surface area contributed by atoms with Crippen LogP contribution in [0.5, 0.6) is 5.75 Å². The van der Waals surface area contributed by atoms with Gasteiger partial charge in [-0.15, -0.1) is 0 Å². The van der Waals surface area contributed by atoms with Crippen LogP contribution in [-0.2, 0) is 6.16 Å². The summed E-state index contributed by atoms with van der Waals surface area (Å²) in [5.41, 5.74) is 1.18. The van der Waals surface area contributed by atoms with Gasteiger partial charge in [0.1, 0.15) is 0 Å². The van der Waals surface area contributed by atoms with Crippen LogP contribution >= 0.6 is 26.3 Å². The van der Waals surface area contributed by atoms with Crippen molar-refractivity contribution < 1.29 is 5.11 Å². The van der Waals surface area contributed by atoms with Crippen LogP contribution in [-0.4, -0.2) is 23.6 Å². The minimum absolute atomic E-state index is 0.498. The van der Waals surface area contributed by atoms with E-state index in [2.05, 4.69) is 54.9 Å². The second-order valence-electron chi connectivity index (χ2n) is 6.84. The van der Waals surface area contributed by atoms with Crippen LogP contribution in [0.4, 0.5) is 0 Å². The molecule has 0 saturated heterocycles. The van der Waals surface area contributed by atoms with E-state index in [1.165, 1.54) is 62.6 Å². The molecule has 1 N–H and O–H groups in total. The number of halogens is 1. The Morgan fingerprint density at radius 3 is 1.73 bits per heavy atom. The first-order valence-electron chi connectivity index (χ1n) is 8.96. The summed E-state index contributed by atoms with van der Waals surface area (Å²) in [6.45, 7) is 6.91. The molecular weight excluding hydrogens is 402 g/mol. The summed E-state index contributed by atoms with van der Waals surface area (Å²) in [6.07, 6.45) is 13.1. The van der Waals surface area contributed by atoms with E-state index in [1.807, 2.05) is 12.1 Å². The Bertz CT molecular complexity index is 422. The normalized spacial score (nSPS) is 13.7. The second kappa shape index (κ2) is 9.47. The van der Waals surface area contributed by atoms with Crippen LogP contribution in [0.15, 0.2) is 24.3 Å². The molecule has 0 amide bonds. The van der Waals surface area contributed by atoms with Gasteiger partial charge in [-0.3, -0.25) is 0 Å². The molecule has 1 rings (SSSR count). The Morgan fingerprint density at radius 1 is 0.864 bits per heavy atom. The average Bonchev–Trinajstić information content (AvgIpc) is 2.52. The van der Waals surface area contributed by atoms with Gasteiger partial charge in [0.25, 0.3) is 0 Å². The molecular formula is C19H34IOP. The van der Waals surface area contributed by atoms with Gasteiger partial charge in [-0.25, -0.2) is 0 Å². The minimum atomic E-state index is -1.81. The van der Waals surface area contributed by atoms with E-state index >= 15 is 0 Å². The Labute approximate surface area is 150 Å². The number of phenolic OH excluding ortho intramolecular Hbond substituents is 1. The third-order valence-electron chi connectivity index (χ3n) is 4.77. The zero-order valence-corrected chi connectivity index (χ0v) is 17.7. The number of hydrogen-bond acceptors (Lipinski definition) is 1. The first-order chi connectivity index (χ1) is 10.5. The molecule has 1 nitrogen and oxygen atoms in total. The van der Waals surface area contributed by atoms with Crippen molar-refractivity contribution in [3.8, 4) is 5.75 Å². The number of benzene rings is 1. The molecule has 0 spiro atoms. The number of phenols is 1. The number of aromatic hydroxyl groups is 1. The van der Waals surface area contributed by atoms with Crippen LogP contribution in [0, 0.1) is 0 Å². The van der Waals surface area contributed by atoms with Crippen LogP contribution in [0.3, 0.4) is 0 Å². The summed E-state index contributed by atoms with van der Waals surface area (Å²) >= 11 is 2.92.